The molecule has 19 heavy (non-hydrogen) atoms. The lowest BCUT2D eigenvalue weighted by atomic mass is 10.2. The molecule has 1 saturated heterocycles. The van der Waals surface area contributed by atoms with Gasteiger partial charge in [-0.05, 0) is 41.5 Å². The molecule has 3 nitrogen and oxygen atoms in total. The van der Waals surface area contributed by atoms with E-state index in [9.17, 15) is 0 Å². The third kappa shape index (κ3) is 5.22. The van der Waals surface area contributed by atoms with Crippen molar-refractivity contribution in [2.75, 3.05) is 32.7 Å². The average molecular weight is 290 g/mol. The summed E-state index contributed by atoms with van der Waals surface area (Å²) >= 11 is 6.66. The highest BCUT2D eigenvalue weighted by atomic mass is 35.5. The first-order valence-corrected chi connectivity index (χ1v) is 8.14. The number of hydrogen-bond donors (Lipinski definition) is 0. The molecule has 0 aliphatic carbocycles. The van der Waals surface area contributed by atoms with Crippen molar-refractivity contribution >= 4 is 11.6 Å². The van der Waals surface area contributed by atoms with Gasteiger partial charge in [-0.3, -0.25) is 14.7 Å². The maximum Gasteiger partial charge on any atom is 0.0981 e. The van der Waals surface area contributed by atoms with Crippen LogP contribution in [-0.4, -0.2) is 71.1 Å². The van der Waals surface area contributed by atoms with Gasteiger partial charge in [0.15, 0.2) is 0 Å². The zero-order valence-electron chi connectivity index (χ0n) is 13.6. The minimum absolute atomic E-state index is 0.120. The Balaban J connectivity index is 2.81. The van der Waals surface area contributed by atoms with Crippen molar-refractivity contribution in [1.82, 2.24) is 14.7 Å². The van der Waals surface area contributed by atoms with Crippen molar-refractivity contribution in [3.05, 3.63) is 0 Å². The quantitative estimate of drug-likeness (QED) is 0.584. The molecule has 1 fully saturated rings. The SMILES string of the molecule is CC(C)N1CCN(C(C)C)CC(Cl)N(C(C)C)CC1. The molecule has 1 aliphatic heterocycles. The summed E-state index contributed by atoms with van der Waals surface area (Å²) < 4.78 is 0. The van der Waals surface area contributed by atoms with Gasteiger partial charge in [-0.15, -0.1) is 11.6 Å². The third-order valence-electron chi connectivity index (χ3n) is 4.19. The van der Waals surface area contributed by atoms with Crippen LogP contribution in [0, 0.1) is 0 Å². The fourth-order valence-corrected chi connectivity index (χ4v) is 3.21. The first-order valence-electron chi connectivity index (χ1n) is 7.70. The second kappa shape index (κ2) is 7.82. The molecular weight excluding hydrogens is 258 g/mol. The third-order valence-corrected chi connectivity index (χ3v) is 4.58. The molecule has 1 atom stereocenters. The summed E-state index contributed by atoms with van der Waals surface area (Å²) in [6.07, 6.45) is 0. The van der Waals surface area contributed by atoms with Crippen molar-refractivity contribution in [2.45, 2.75) is 65.2 Å². The Morgan fingerprint density at radius 2 is 1.21 bits per heavy atom. The number of halogens is 1. The Hall–Kier alpha value is 0.170. The van der Waals surface area contributed by atoms with Crippen LogP contribution in [0.5, 0.6) is 0 Å². The van der Waals surface area contributed by atoms with E-state index in [4.69, 9.17) is 11.6 Å². The minimum Gasteiger partial charge on any atom is -0.298 e. The van der Waals surface area contributed by atoms with Gasteiger partial charge in [-0.2, -0.15) is 0 Å². The Morgan fingerprint density at radius 3 is 1.68 bits per heavy atom. The van der Waals surface area contributed by atoms with E-state index >= 15 is 0 Å². The topological polar surface area (TPSA) is 9.72 Å². The monoisotopic (exact) mass is 289 g/mol. The second-order valence-electron chi connectivity index (χ2n) is 6.48. The number of rotatable bonds is 3. The lowest BCUT2D eigenvalue weighted by molar-refractivity contribution is 0.147. The van der Waals surface area contributed by atoms with Crippen molar-refractivity contribution < 1.29 is 0 Å². The van der Waals surface area contributed by atoms with Crippen LogP contribution in [-0.2, 0) is 0 Å². The number of hydrogen-bond acceptors (Lipinski definition) is 3. The van der Waals surface area contributed by atoms with E-state index in [1.165, 1.54) is 0 Å². The lowest BCUT2D eigenvalue weighted by Gasteiger charge is -2.34. The summed E-state index contributed by atoms with van der Waals surface area (Å²) in [5.41, 5.74) is 0.120. The van der Waals surface area contributed by atoms with E-state index in [2.05, 4.69) is 56.2 Å². The molecule has 114 valence electrons. The van der Waals surface area contributed by atoms with E-state index in [0.717, 1.165) is 32.7 Å². The van der Waals surface area contributed by atoms with Crippen LogP contribution in [0.1, 0.15) is 41.5 Å². The van der Waals surface area contributed by atoms with Crippen LogP contribution in [0.2, 0.25) is 0 Å². The number of alkyl halides is 1. The van der Waals surface area contributed by atoms with E-state index in [0.29, 0.717) is 18.1 Å². The Kier molecular flexibility index (Phi) is 7.09. The maximum absolute atomic E-state index is 6.66. The zero-order chi connectivity index (χ0) is 14.6. The van der Waals surface area contributed by atoms with E-state index in [-0.39, 0.29) is 5.50 Å². The van der Waals surface area contributed by atoms with Crippen LogP contribution < -0.4 is 0 Å². The molecule has 4 heteroatoms. The highest BCUT2D eigenvalue weighted by Gasteiger charge is 2.26. The van der Waals surface area contributed by atoms with Gasteiger partial charge in [0, 0.05) is 50.8 Å². The largest absolute Gasteiger partial charge is 0.298 e. The lowest BCUT2D eigenvalue weighted by Crippen LogP contribution is -2.46. The Labute approximate surface area is 124 Å². The fourth-order valence-electron chi connectivity index (χ4n) is 2.71. The molecular formula is C15H32ClN3. The molecule has 0 aromatic heterocycles. The van der Waals surface area contributed by atoms with Gasteiger partial charge in [-0.1, -0.05) is 0 Å². The van der Waals surface area contributed by atoms with Crippen molar-refractivity contribution in [3.63, 3.8) is 0 Å². The van der Waals surface area contributed by atoms with Crippen LogP contribution >= 0.6 is 11.6 Å². The molecule has 0 saturated carbocycles. The van der Waals surface area contributed by atoms with Gasteiger partial charge < -0.3 is 0 Å². The molecule has 1 heterocycles. The van der Waals surface area contributed by atoms with Gasteiger partial charge >= 0.3 is 0 Å². The number of nitrogens with zero attached hydrogens (tertiary/aromatic N) is 3. The van der Waals surface area contributed by atoms with Crippen LogP contribution in [0.15, 0.2) is 0 Å². The second-order valence-corrected chi connectivity index (χ2v) is 6.99. The summed E-state index contributed by atoms with van der Waals surface area (Å²) in [6, 6.07) is 1.67. The maximum atomic E-state index is 6.66. The van der Waals surface area contributed by atoms with Crippen molar-refractivity contribution in [3.8, 4) is 0 Å². The predicted octanol–water partition coefficient (Wildman–Crippen LogP) is 2.70. The van der Waals surface area contributed by atoms with Crippen molar-refractivity contribution in [2.24, 2.45) is 0 Å². The van der Waals surface area contributed by atoms with Gasteiger partial charge in [0.1, 0.15) is 0 Å². The Bertz CT molecular complexity index is 256. The summed E-state index contributed by atoms with van der Waals surface area (Å²) in [4.78, 5) is 7.51. The molecule has 1 unspecified atom stereocenters. The standard InChI is InChI=1S/C15H32ClN3/c1-12(2)17-7-8-18(13(3)4)11-15(16)19(10-9-17)14(5)6/h12-15H,7-11H2,1-6H3. The van der Waals surface area contributed by atoms with E-state index in [1.54, 1.807) is 0 Å². The molecule has 1 aliphatic rings. The van der Waals surface area contributed by atoms with Gasteiger partial charge in [-0.25, -0.2) is 0 Å². The molecule has 1 rings (SSSR count). The van der Waals surface area contributed by atoms with Gasteiger partial charge in [0.05, 0.1) is 5.50 Å². The first-order chi connectivity index (χ1) is 8.82. The van der Waals surface area contributed by atoms with Crippen molar-refractivity contribution in [1.29, 1.82) is 0 Å². The summed E-state index contributed by atoms with van der Waals surface area (Å²) in [7, 11) is 0. The van der Waals surface area contributed by atoms with Crippen LogP contribution in [0.25, 0.3) is 0 Å². The molecule has 0 N–H and O–H groups in total. The first kappa shape index (κ1) is 17.2. The fraction of sp³-hybridized carbons (Fsp3) is 1.00. The van der Waals surface area contributed by atoms with Crippen LogP contribution in [0.3, 0.4) is 0 Å². The van der Waals surface area contributed by atoms with E-state index < -0.39 is 0 Å². The molecule has 0 radical (unpaired) electrons. The molecule has 0 aromatic carbocycles. The highest BCUT2D eigenvalue weighted by Crippen LogP contribution is 2.16. The van der Waals surface area contributed by atoms with Crippen LogP contribution in [0.4, 0.5) is 0 Å². The zero-order valence-corrected chi connectivity index (χ0v) is 14.3. The molecule has 0 amide bonds. The highest BCUT2D eigenvalue weighted by molar-refractivity contribution is 6.20. The minimum atomic E-state index is 0.120. The summed E-state index contributed by atoms with van der Waals surface area (Å²) in [6.45, 7) is 19.0. The van der Waals surface area contributed by atoms with Gasteiger partial charge in [0.2, 0.25) is 0 Å². The summed E-state index contributed by atoms with van der Waals surface area (Å²) in [5, 5.41) is 0. The van der Waals surface area contributed by atoms with Gasteiger partial charge in [0.25, 0.3) is 0 Å². The predicted molar refractivity (Wildman–Crippen MR) is 84.9 cm³/mol. The average Bonchev–Trinajstić information content (AvgIpc) is 2.37. The normalized spacial score (nSPS) is 25.9. The summed E-state index contributed by atoms with van der Waals surface area (Å²) in [5.74, 6) is 0. The molecule has 0 aromatic rings. The van der Waals surface area contributed by atoms with E-state index in [1.807, 2.05) is 0 Å². The molecule has 0 spiro atoms. The Morgan fingerprint density at radius 1 is 0.737 bits per heavy atom. The molecule has 0 bridgehead atoms. The smallest absolute Gasteiger partial charge is 0.0981 e.